The van der Waals surface area contributed by atoms with E-state index in [1.807, 2.05) is 23.6 Å². The average molecular weight is 302 g/mol. The van der Waals surface area contributed by atoms with Crippen LogP contribution < -0.4 is 0 Å². The summed E-state index contributed by atoms with van der Waals surface area (Å²) in [5, 5.41) is 2.33. The Morgan fingerprint density at radius 2 is 2.00 bits per heavy atom. The van der Waals surface area contributed by atoms with E-state index in [1.165, 1.54) is 11.3 Å². The molecule has 0 aliphatic carbocycles. The first-order chi connectivity index (χ1) is 7.20. The lowest BCUT2D eigenvalue weighted by Crippen LogP contribution is -1.99. The summed E-state index contributed by atoms with van der Waals surface area (Å²) in [7, 11) is 0. The fourth-order valence-corrected chi connectivity index (χ4v) is 2.78. The fourth-order valence-electron chi connectivity index (χ4n) is 1.22. The minimum atomic E-state index is -0.0394. The van der Waals surface area contributed by atoms with E-state index in [0.29, 0.717) is 15.5 Å². The van der Waals surface area contributed by atoms with Gasteiger partial charge in [0.05, 0.1) is 9.90 Å². The quantitative estimate of drug-likeness (QED) is 0.752. The summed E-state index contributed by atoms with van der Waals surface area (Å²) in [6, 6.07) is 9.06. The molecule has 1 heterocycles. The van der Waals surface area contributed by atoms with Crippen molar-refractivity contribution < 1.29 is 4.79 Å². The topological polar surface area (TPSA) is 17.1 Å². The molecule has 0 N–H and O–H groups in total. The van der Waals surface area contributed by atoms with Crippen molar-refractivity contribution in [3.05, 3.63) is 55.6 Å². The van der Waals surface area contributed by atoms with E-state index >= 15 is 0 Å². The van der Waals surface area contributed by atoms with Crippen molar-refractivity contribution >= 4 is 44.7 Å². The zero-order valence-electron chi connectivity index (χ0n) is 7.54. The first kappa shape index (κ1) is 10.9. The molecular weight excluding hydrogens is 296 g/mol. The van der Waals surface area contributed by atoms with Crippen molar-refractivity contribution in [2.24, 2.45) is 0 Å². The third-order valence-electron chi connectivity index (χ3n) is 1.94. The predicted octanol–water partition coefficient (Wildman–Crippen LogP) is 4.40. The van der Waals surface area contributed by atoms with Gasteiger partial charge < -0.3 is 0 Å². The summed E-state index contributed by atoms with van der Waals surface area (Å²) in [4.78, 5) is 12.6. The molecule has 0 radical (unpaired) electrons. The predicted molar refractivity (Wildman–Crippen MR) is 66.9 cm³/mol. The maximum absolute atomic E-state index is 12.0. The van der Waals surface area contributed by atoms with Crippen LogP contribution in [0.2, 0.25) is 5.02 Å². The van der Waals surface area contributed by atoms with Gasteiger partial charge in [-0.05, 0) is 23.6 Å². The van der Waals surface area contributed by atoms with Gasteiger partial charge in [0.1, 0.15) is 0 Å². The van der Waals surface area contributed by atoms with Gasteiger partial charge >= 0.3 is 0 Å². The number of halogens is 2. The Balaban J connectivity index is 2.46. The molecular formula is C11H6BrClOS. The number of carbonyl (C=O) groups excluding carboxylic acids is 1. The highest BCUT2D eigenvalue weighted by molar-refractivity contribution is 9.10. The van der Waals surface area contributed by atoms with Crippen LogP contribution in [0.25, 0.3) is 0 Å². The smallest absolute Gasteiger partial charge is 0.205 e. The SMILES string of the molecule is O=C(c1ccccc1Br)c1sccc1Cl. The molecule has 0 bridgehead atoms. The molecule has 0 atom stereocenters. The Hall–Kier alpha value is -0.640. The molecule has 2 rings (SSSR count). The van der Waals surface area contributed by atoms with Crippen molar-refractivity contribution in [3.8, 4) is 0 Å². The highest BCUT2D eigenvalue weighted by atomic mass is 79.9. The number of hydrogen-bond acceptors (Lipinski definition) is 2. The number of ketones is 1. The van der Waals surface area contributed by atoms with E-state index < -0.39 is 0 Å². The van der Waals surface area contributed by atoms with E-state index in [-0.39, 0.29) is 5.78 Å². The number of hydrogen-bond donors (Lipinski definition) is 0. The minimum Gasteiger partial charge on any atom is -0.288 e. The zero-order chi connectivity index (χ0) is 10.8. The van der Waals surface area contributed by atoms with Gasteiger partial charge in [-0.3, -0.25) is 4.79 Å². The van der Waals surface area contributed by atoms with Crippen LogP contribution in [-0.2, 0) is 0 Å². The number of carbonyl (C=O) groups is 1. The molecule has 1 nitrogen and oxygen atoms in total. The summed E-state index contributed by atoms with van der Waals surface area (Å²) < 4.78 is 0.791. The fraction of sp³-hybridized carbons (Fsp3) is 0. The highest BCUT2D eigenvalue weighted by Crippen LogP contribution is 2.27. The largest absolute Gasteiger partial charge is 0.288 e. The molecule has 1 aromatic heterocycles. The average Bonchev–Trinajstić information content (AvgIpc) is 2.64. The maximum Gasteiger partial charge on any atom is 0.205 e. The lowest BCUT2D eigenvalue weighted by molar-refractivity contribution is 0.104. The van der Waals surface area contributed by atoms with Gasteiger partial charge in [-0.25, -0.2) is 0 Å². The Kier molecular flexibility index (Phi) is 3.24. The molecule has 0 unspecified atom stereocenters. The van der Waals surface area contributed by atoms with Crippen LogP contribution in [0.3, 0.4) is 0 Å². The Morgan fingerprint density at radius 3 is 2.60 bits per heavy atom. The molecule has 1 aromatic carbocycles. The van der Waals surface area contributed by atoms with E-state index in [4.69, 9.17) is 11.6 Å². The summed E-state index contributed by atoms with van der Waals surface area (Å²) in [6.07, 6.45) is 0. The van der Waals surface area contributed by atoms with Gasteiger partial charge in [-0.1, -0.05) is 39.7 Å². The van der Waals surface area contributed by atoms with Gasteiger partial charge in [0.15, 0.2) is 0 Å². The van der Waals surface area contributed by atoms with E-state index in [9.17, 15) is 4.79 Å². The molecule has 0 aliphatic heterocycles. The van der Waals surface area contributed by atoms with Gasteiger partial charge in [-0.15, -0.1) is 11.3 Å². The summed E-state index contributed by atoms with van der Waals surface area (Å²) >= 11 is 10.6. The summed E-state index contributed by atoms with van der Waals surface area (Å²) in [5.74, 6) is -0.0394. The normalized spacial score (nSPS) is 10.3. The highest BCUT2D eigenvalue weighted by Gasteiger charge is 2.16. The van der Waals surface area contributed by atoms with Gasteiger partial charge in [0.2, 0.25) is 5.78 Å². The standard InChI is InChI=1S/C11H6BrClOS/c12-8-4-2-1-3-7(8)10(14)11-9(13)5-6-15-11/h1-6H. The lowest BCUT2D eigenvalue weighted by atomic mass is 10.1. The second-order valence-corrected chi connectivity index (χ2v) is 5.08. The second kappa shape index (κ2) is 4.47. The Morgan fingerprint density at radius 1 is 1.27 bits per heavy atom. The zero-order valence-corrected chi connectivity index (χ0v) is 10.7. The monoisotopic (exact) mass is 300 g/mol. The van der Waals surface area contributed by atoms with Crippen molar-refractivity contribution in [2.45, 2.75) is 0 Å². The van der Waals surface area contributed by atoms with Crippen LogP contribution in [-0.4, -0.2) is 5.78 Å². The molecule has 15 heavy (non-hydrogen) atoms. The minimum absolute atomic E-state index is 0.0394. The van der Waals surface area contributed by atoms with Crippen LogP contribution in [0, 0.1) is 0 Å². The first-order valence-corrected chi connectivity index (χ1v) is 6.27. The van der Waals surface area contributed by atoms with Crippen LogP contribution in [0.15, 0.2) is 40.2 Å². The Labute approximate surface area is 105 Å². The molecule has 4 heteroatoms. The van der Waals surface area contributed by atoms with Crippen molar-refractivity contribution in [1.29, 1.82) is 0 Å². The Bertz CT molecular complexity index is 507. The number of rotatable bonds is 2. The van der Waals surface area contributed by atoms with Crippen molar-refractivity contribution in [3.63, 3.8) is 0 Å². The molecule has 0 amide bonds. The lowest BCUT2D eigenvalue weighted by Gasteiger charge is -2.01. The summed E-state index contributed by atoms with van der Waals surface area (Å²) in [6.45, 7) is 0. The van der Waals surface area contributed by atoms with Crippen molar-refractivity contribution in [1.82, 2.24) is 0 Å². The third-order valence-corrected chi connectivity index (χ3v) is 3.97. The van der Waals surface area contributed by atoms with Gasteiger partial charge in [0, 0.05) is 10.0 Å². The van der Waals surface area contributed by atoms with Crippen LogP contribution in [0.5, 0.6) is 0 Å². The van der Waals surface area contributed by atoms with E-state index in [1.54, 1.807) is 12.1 Å². The molecule has 0 fully saturated rings. The maximum atomic E-state index is 12.0. The molecule has 0 aliphatic rings. The number of benzene rings is 1. The van der Waals surface area contributed by atoms with Crippen molar-refractivity contribution in [2.75, 3.05) is 0 Å². The summed E-state index contributed by atoms with van der Waals surface area (Å²) in [5.41, 5.74) is 0.641. The van der Waals surface area contributed by atoms with E-state index in [0.717, 1.165) is 4.47 Å². The van der Waals surface area contributed by atoms with Crippen LogP contribution in [0.1, 0.15) is 15.2 Å². The third kappa shape index (κ3) is 2.14. The molecule has 76 valence electrons. The molecule has 0 saturated heterocycles. The van der Waals surface area contributed by atoms with Crippen LogP contribution in [0.4, 0.5) is 0 Å². The second-order valence-electron chi connectivity index (χ2n) is 2.91. The molecule has 0 spiro atoms. The van der Waals surface area contributed by atoms with Crippen LogP contribution >= 0.6 is 38.9 Å². The molecule has 2 aromatic rings. The number of thiophene rings is 1. The molecule has 0 saturated carbocycles. The first-order valence-electron chi connectivity index (χ1n) is 4.22. The van der Waals surface area contributed by atoms with Gasteiger partial charge in [0.25, 0.3) is 0 Å². The van der Waals surface area contributed by atoms with Gasteiger partial charge in [-0.2, -0.15) is 0 Å². The van der Waals surface area contributed by atoms with E-state index in [2.05, 4.69) is 15.9 Å².